The van der Waals surface area contributed by atoms with Gasteiger partial charge in [-0.1, -0.05) is 17.7 Å². The highest BCUT2D eigenvalue weighted by Crippen LogP contribution is 2.26. The second-order valence-electron chi connectivity index (χ2n) is 4.05. The summed E-state index contributed by atoms with van der Waals surface area (Å²) >= 11 is 5.81. The molecule has 98 valence electrons. The number of rotatable bonds is 2. The molecule has 2 aromatic rings. The van der Waals surface area contributed by atoms with Gasteiger partial charge in [0.25, 0.3) is 5.91 Å². The molecule has 0 heterocycles. The van der Waals surface area contributed by atoms with E-state index in [0.717, 1.165) is 0 Å². The molecule has 0 aliphatic heterocycles. The van der Waals surface area contributed by atoms with E-state index >= 15 is 0 Å². The highest BCUT2D eigenvalue weighted by molar-refractivity contribution is 6.31. The molecule has 2 rings (SSSR count). The minimum atomic E-state index is -0.411. The number of aromatic hydroxyl groups is 2. The summed E-state index contributed by atoms with van der Waals surface area (Å²) in [4.78, 5) is 13.6. The van der Waals surface area contributed by atoms with Gasteiger partial charge in [-0.15, -0.1) is 0 Å². The predicted octanol–water partition coefficient (Wildman–Crippen LogP) is 3.03. The van der Waals surface area contributed by atoms with E-state index in [2.05, 4.69) is 0 Å². The fourth-order valence-electron chi connectivity index (χ4n) is 1.68. The summed E-state index contributed by atoms with van der Waals surface area (Å²) in [6, 6.07) is 10.6. The highest BCUT2D eigenvalue weighted by Gasteiger charge is 2.17. The van der Waals surface area contributed by atoms with Crippen molar-refractivity contribution in [1.29, 1.82) is 0 Å². The maximum Gasteiger partial charge on any atom is 0.261 e. The lowest BCUT2D eigenvalue weighted by atomic mass is 10.1. The zero-order valence-corrected chi connectivity index (χ0v) is 10.9. The summed E-state index contributed by atoms with van der Waals surface area (Å²) in [7, 11) is 1.55. The van der Waals surface area contributed by atoms with Crippen LogP contribution in [0.25, 0.3) is 0 Å². The van der Waals surface area contributed by atoms with E-state index in [4.69, 9.17) is 11.6 Å². The van der Waals surface area contributed by atoms with E-state index in [9.17, 15) is 15.0 Å². The van der Waals surface area contributed by atoms with Crippen molar-refractivity contribution in [2.24, 2.45) is 0 Å². The minimum Gasteiger partial charge on any atom is -0.508 e. The Balaban J connectivity index is 2.36. The van der Waals surface area contributed by atoms with Gasteiger partial charge in [-0.05, 0) is 30.3 Å². The van der Waals surface area contributed by atoms with Gasteiger partial charge in [0.1, 0.15) is 11.5 Å². The van der Waals surface area contributed by atoms with Gasteiger partial charge in [-0.25, -0.2) is 0 Å². The van der Waals surface area contributed by atoms with E-state index < -0.39 is 5.91 Å². The second-order valence-corrected chi connectivity index (χ2v) is 4.48. The van der Waals surface area contributed by atoms with Crippen molar-refractivity contribution in [2.45, 2.75) is 0 Å². The summed E-state index contributed by atoms with van der Waals surface area (Å²) in [6.45, 7) is 0. The molecule has 0 spiro atoms. The fourth-order valence-corrected chi connectivity index (χ4v) is 1.85. The quantitative estimate of drug-likeness (QED) is 0.887. The van der Waals surface area contributed by atoms with Crippen LogP contribution in [0.4, 0.5) is 5.69 Å². The Bertz CT molecular complexity index is 628. The third-order valence-electron chi connectivity index (χ3n) is 2.71. The molecule has 19 heavy (non-hydrogen) atoms. The summed E-state index contributed by atoms with van der Waals surface area (Å²) in [5.74, 6) is -0.487. The number of carbonyl (C=O) groups excluding carboxylic acids is 1. The Kier molecular flexibility index (Phi) is 3.62. The van der Waals surface area contributed by atoms with Gasteiger partial charge >= 0.3 is 0 Å². The number of halogens is 1. The van der Waals surface area contributed by atoms with E-state index in [1.165, 1.54) is 35.2 Å². The van der Waals surface area contributed by atoms with Crippen LogP contribution in [0.3, 0.4) is 0 Å². The van der Waals surface area contributed by atoms with E-state index in [1.54, 1.807) is 19.2 Å². The Morgan fingerprint density at radius 3 is 2.58 bits per heavy atom. The number of benzene rings is 2. The molecule has 1 amide bonds. The first-order valence-electron chi connectivity index (χ1n) is 5.54. The van der Waals surface area contributed by atoms with Crippen molar-refractivity contribution >= 4 is 23.2 Å². The first-order chi connectivity index (χ1) is 8.99. The van der Waals surface area contributed by atoms with E-state index in [0.29, 0.717) is 10.7 Å². The number of phenolic OH excluding ortho intramolecular Hbond substituents is 2. The molecule has 0 aliphatic carbocycles. The van der Waals surface area contributed by atoms with E-state index in [1.807, 2.05) is 0 Å². The van der Waals surface area contributed by atoms with Crippen molar-refractivity contribution in [3.8, 4) is 11.5 Å². The number of hydrogen-bond donors (Lipinski definition) is 2. The molecule has 2 N–H and O–H groups in total. The van der Waals surface area contributed by atoms with Gasteiger partial charge in [0.2, 0.25) is 0 Å². The standard InChI is InChI=1S/C14H12ClNO3/c1-16(10-3-2-4-11(17)8-10)14(19)12-7-9(15)5-6-13(12)18/h2-8,17-18H,1H3. The lowest BCUT2D eigenvalue weighted by Gasteiger charge is -2.18. The monoisotopic (exact) mass is 277 g/mol. The lowest BCUT2D eigenvalue weighted by molar-refractivity contribution is 0.0990. The largest absolute Gasteiger partial charge is 0.508 e. The molecule has 0 aliphatic rings. The van der Waals surface area contributed by atoms with Crippen LogP contribution in [0.15, 0.2) is 42.5 Å². The summed E-state index contributed by atoms with van der Waals surface area (Å²) < 4.78 is 0. The molecule has 0 unspecified atom stereocenters. The van der Waals surface area contributed by atoms with Gasteiger partial charge < -0.3 is 15.1 Å². The predicted molar refractivity (Wildman–Crippen MR) is 74.0 cm³/mol. The molecular weight excluding hydrogens is 266 g/mol. The van der Waals surface area contributed by atoms with Gasteiger partial charge in [0.05, 0.1) is 5.56 Å². The molecule has 4 nitrogen and oxygen atoms in total. The van der Waals surface area contributed by atoms with Crippen molar-refractivity contribution in [3.05, 3.63) is 53.1 Å². The average molecular weight is 278 g/mol. The molecule has 0 radical (unpaired) electrons. The van der Waals surface area contributed by atoms with Gasteiger partial charge in [-0.2, -0.15) is 0 Å². The second kappa shape index (κ2) is 5.20. The number of hydrogen-bond acceptors (Lipinski definition) is 3. The van der Waals surface area contributed by atoms with Crippen molar-refractivity contribution in [3.63, 3.8) is 0 Å². The maximum absolute atomic E-state index is 12.3. The maximum atomic E-state index is 12.3. The normalized spacial score (nSPS) is 10.2. The highest BCUT2D eigenvalue weighted by atomic mass is 35.5. The number of carbonyl (C=O) groups is 1. The van der Waals surface area contributed by atoms with Crippen molar-refractivity contribution < 1.29 is 15.0 Å². The zero-order valence-electron chi connectivity index (χ0n) is 10.2. The van der Waals surface area contributed by atoms with Gasteiger partial charge in [0.15, 0.2) is 0 Å². The Hall–Kier alpha value is -2.20. The Morgan fingerprint density at radius 1 is 1.16 bits per heavy atom. The first kappa shape index (κ1) is 13.2. The number of amides is 1. The van der Waals surface area contributed by atoms with Crippen LogP contribution in [0, 0.1) is 0 Å². The lowest BCUT2D eigenvalue weighted by Crippen LogP contribution is -2.26. The topological polar surface area (TPSA) is 60.8 Å². The van der Waals surface area contributed by atoms with Crippen LogP contribution in [0.2, 0.25) is 5.02 Å². The number of nitrogens with zero attached hydrogens (tertiary/aromatic N) is 1. The minimum absolute atomic E-state index is 0.0625. The summed E-state index contributed by atoms with van der Waals surface area (Å²) in [5.41, 5.74) is 0.628. The average Bonchev–Trinajstić information content (AvgIpc) is 2.40. The molecule has 0 saturated carbocycles. The molecule has 0 saturated heterocycles. The summed E-state index contributed by atoms with van der Waals surface area (Å²) in [6.07, 6.45) is 0. The molecule has 0 aromatic heterocycles. The van der Waals surface area contributed by atoms with Crippen LogP contribution in [0.1, 0.15) is 10.4 Å². The number of phenols is 2. The van der Waals surface area contributed by atoms with Crippen LogP contribution in [-0.4, -0.2) is 23.2 Å². The fraction of sp³-hybridized carbons (Fsp3) is 0.0714. The van der Waals surface area contributed by atoms with Crippen molar-refractivity contribution in [2.75, 3.05) is 11.9 Å². The molecular formula is C14H12ClNO3. The van der Waals surface area contributed by atoms with Gasteiger partial charge in [0, 0.05) is 23.8 Å². The number of anilines is 1. The molecule has 0 atom stereocenters. The molecule has 2 aromatic carbocycles. The van der Waals surface area contributed by atoms with Crippen LogP contribution in [0.5, 0.6) is 11.5 Å². The van der Waals surface area contributed by atoms with Crippen molar-refractivity contribution in [1.82, 2.24) is 0 Å². The first-order valence-corrected chi connectivity index (χ1v) is 5.92. The Labute approximate surface area is 115 Å². The van der Waals surface area contributed by atoms with Crippen LogP contribution < -0.4 is 4.90 Å². The third kappa shape index (κ3) is 2.80. The van der Waals surface area contributed by atoms with Crippen LogP contribution in [-0.2, 0) is 0 Å². The Morgan fingerprint density at radius 2 is 1.89 bits per heavy atom. The molecule has 5 heteroatoms. The van der Waals surface area contributed by atoms with Crippen LogP contribution >= 0.6 is 11.6 Å². The zero-order chi connectivity index (χ0) is 14.0. The molecule has 0 bridgehead atoms. The van der Waals surface area contributed by atoms with E-state index in [-0.39, 0.29) is 17.1 Å². The van der Waals surface area contributed by atoms with Gasteiger partial charge in [-0.3, -0.25) is 4.79 Å². The summed E-state index contributed by atoms with van der Waals surface area (Å²) in [5, 5.41) is 19.5. The SMILES string of the molecule is CN(C(=O)c1cc(Cl)ccc1O)c1cccc(O)c1. The third-order valence-corrected chi connectivity index (χ3v) is 2.95. The smallest absolute Gasteiger partial charge is 0.261 e. The molecule has 0 fully saturated rings.